The largest absolute Gasteiger partial charge is 0.481 e. The van der Waals surface area contributed by atoms with Gasteiger partial charge in [-0.15, -0.1) is 0 Å². The second-order valence-corrected chi connectivity index (χ2v) is 6.54. The molecule has 2 amide bonds. The van der Waals surface area contributed by atoms with Gasteiger partial charge in [-0.3, -0.25) is 4.79 Å². The number of carbonyl (C=O) groups is 2. The van der Waals surface area contributed by atoms with Gasteiger partial charge in [0.1, 0.15) is 5.82 Å². The number of urea groups is 1. The number of nitrogens with one attached hydrogen (secondary N) is 2. The molecule has 0 unspecified atom stereocenters. The molecule has 1 fully saturated rings. The molecule has 1 aromatic carbocycles. The van der Waals surface area contributed by atoms with E-state index in [1.54, 1.807) is 0 Å². The summed E-state index contributed by atoms with van der Waals surface area (Å²) in [6.45, 7) is 0. The van der Waals surface area contributed by atoms with Gasteiger partial charge in [0.25, 0.3) is 0 Å². The van der Waals surface area contributed by atoms with Gasteiger partial charge >= 0.3 is 12.0 Å². The Morgan fingerprint density at radius 2 is 1.86 bits per heavy atom. The number of rotatable bonds is 5. The smallest absolute Gasteiger partial charge is 0.319 e. The number of hydrogen-bond acceptors (Lipinski definition) is 4. The lowest BCUT2D eigenvalue weighted by Gasteiger charge is -2.26. The third kappa shape index (κ3) is 5.15. The first-order chi connectivity index (χ1) is 13.4. The van der Waals surface area contributed by atoms with Gasteiger partial charge in [0.05, 0.1) is 5.92 Å². The molecule has 1 aromatic heterocycles. The zero-order chi connectivity index (χ0) is 20.1. The highest BCUT2D eigenvalue weighted by Crippen LogP contribution is 2.26. The van der Waals surface area contributed by atoms with Crippen LogP contribution in [-0.2, 0) is 4.79 Å². The summed E-state index contributed by atoms with van der Waals surface area (Å²) >= 11 is 0. The molecule has 1 aliphatic rings. The summed E-state index contributed by atoms with van der Waals surface area (Å²) in [5.74, 6) is -2.90. The molecule has 0 spiro atoms. The fourth-order valence-electron chi connectivity index (χ4n) is 3.05. The molecule has 9 heteroatoms. The predicted molar refractivity (Wildman–Crippen MR) is 96.2 cm³/mol. The summed E-state index contributed by atoms with van der Waals surface area (Å²) < 4.78 is 31.9. The average Bonchev–Trinajstić information content (AvgIpc) is 2.65. The van der Waals surface area contributed by atoms with E-state index in [0.29, 0.717) is 37.4 Å². The first-order valence-electron chi connectivity index (χ1n) is 8.80. The number of carbonyl (C=O) groups excluding carboxylic acids is 1. The Bertz CT molecular complexity index is 870. The molecule has 3 N–H and O–H groups in total. The predicted octanol–water partition coefficient (Wildman–Crippen LogP) is 3.92. The van der Waals surface area contributed by atoms with Crippen LogP contribution in [0.5, 0.6) is 11.6 Å². The van der Waals surface area contributed by atoms with Crippen molar-refractivity contribution in [3.8, 4) is 11.6 Å². The van der Waals surface area contributed by atoms with E-state index in [4.69, 9.17) is 9.84 Å². The number of amides is 2. The minimum atomic E-state index is -0.866. The maximum Gasteiger partial charge on any atom is 0.319 e. The third-order valence-corrected chi connectivity index (χ3v) is 4.51. The van der Waals surface area contributed by atoms with E-state index in [1.165, 1.54) is 18.3 Å². The molecule has 0 atom stereocenters. The SMILES string of the molecule is O=C(Nc1ccnc(Oc2ccc(F)cc2F)c1)NC1CCC(C(=O)O)CC1. The van der Waals surface area contributed by atoms with Gasteiger partial charge < -0.3 is 20.5 Å². The maximum absolute atomic E-state index is 13.7. The molecule has 2 aromatic rings. The van der Waals surface area contributed by atoms with E-state index in [-0.39, 0.29) is 23.6 Å². The topological polar surface area (TPSA) is 101 Å². The Balaban J connectivity index is 1.55. The first-order valence-corrected chi connectivity index (χ1v) is 8.80. The van der Waals surface area contributed by atoms with E-state index in [0.717, 1.165) is 12.1 Å². The number of anilines is 1. The number of hydrogen-bond donors (Lipinski definition) is 3. The zero-order valence-electron chi connectivity index (χ0n) is 14.8. The lowest BCUT2D eigenvalue weighted by Crippen LogP contribution is -2.40. The van der Waals surface area contributed by atoms with Crippen LogP contribution >= 0.6 is 0 Å². The zero-order valence-corrected chi connectivity index (χ0v) is 14.8. The van der Waals surface area contributed by atoms with Crippen molar-refractivity contribution in [3.05, 3.63) is 48.2 Å². The molecule has 3 rings (SSSR count). The summed E-state index contributed by atoms with van der Waals surface area (Å²) in [7, 11) is 0. The van der Waals surface area contributed by atoms with E-state index in [1.807, 2.05) is 0 Å². The van der Waals surface area contributed by atoms with Crippen LogP contribution in [-0.4, -0.2) is 28.1 Å². The Labute approximate surface area is 159 Å². The van der Waals surface area contributed by atoms with Crippen molar-refractivity contribution in [2.24, 2.45) is 5.92 Å². The standard InChI is InChI=1S/C19H19F2N3O4/c20-12-3-6-16(15(21)9-12)28-17-10-14(7-8-22-17)24-19(27)23-13-4-1-11(2-5-13)18(25)26/h3,6-11,13H,1-2,4-5H2,(H,25,26)(H2,22,23,24,27). The minimum absolute atomic E-state index is 0.0327. The van der Waals surface area contributed by atoms with Crippen molar-refractivity contribution in [1.29, 1.82) is 0 Å². The van der Waals surface area contributed by atoms with Crippen molar-refractivity contribution in [3.63, 3.8) is 0 Å². The van der Waals surface area contributed by atoms with Crippen LogP contribution < -0.4 is 15.4 Å². The molecule has 148 valence electrons. The molecule has 1 aliphatic carbocycles. The lowest BCUT2D eigenvalue weighted by molar-refractivity contribution is -0.142. The van der Waals surface area contributed by atoms with Crippen LogP contribution in [0.2, 0.25) is 0 Å². The van der Waals surface area contributed by atoms with Crippen LogP contribution in [0, 0.1) is 17.6 Å². The van der Waals surface area contributed by atoms with Crippen molar-refractivity contribution < 1.29 is 28.2 Å². The van der Waals surface area contributed by atoms with Crippen LogP contribution in [0.3, 0.4) is 0 Å². The Morgan fingerprint density at radius 1 is 1.11 bits per heavy atom. The second-order valence-electron chi connectivity index (χ2n) is 6.54. The maximum atomic E-state index is 13.7. The molecule has 0 radical (unpaired) electrons. The molecular formula is C19H19F2N3O4. The average molecular weight is 391 g/mol. The monoisotopic (exact) mass is 391 g/mol. The van der Waals surface area contributed by atoms with Gasteiger partial charge in [0.2, 0.25) is 5.88 Å². The van der Waals surface area contributed by atoms with Gasteiger partial charge in [-0.25, -0.2) is 18.6 Å². The molecule has 1 saturated carbocycles. The normalized spacial score (nSPS) is 18.9. The van der Waals surface area contributed by atoms with Crippen LogP contribution in [0.25, 0.3) is 0 Å². The number of benzene rings is 1. The number of carboxylic acid groups (broad SMARTS) is 1. The lowest BCUT2D eigenvalue weighted by atomic mass is 9.86. The van der Waals surface area contributed by atoms with Crippen molar-refractivity contribution in [2.75, 3.05) is 5.32 Å². The molecule has 0 saturated heterocycles. The number of ether oxygens (including phenoxy) is 1. The highest BCUT2D eigenvalue weighted by molar-refractivity contribution is 5.89. The van der Waals surface area contributed by atoms with E-state index in [9.17, 15) is 18.4 Å². The quantitative estimate of drug-likeness (QED) is 0.717. The Kier molecular flexibility index (Phi) is 6.03. The number of aliphatic carboxylic acids is 1. The minimum Gasteiger partial charge on any atom is -0.481 e. The van der Waals surface area contributed by atoms with E-state index in [2.05, 4.69) is 15.6 Å². The van der Waals surface area contributed by atoms with Crippen molar-refractivity contribution in [1.82, 2.24) is 10.3 Å². The third-order valence-electron chi connectivity index (χ3n) is 4.51. The van der Waals surface area contributed by atoms with E-state index >= 15 is 0 Å². The van der Waals surface area contributed by atoms with Gasteiger partial charge in [0, 0.05) is 30.1 Å². The number of pyridine rings is 1. The van der Waals surface area contributed by atoms with Crippen LogP contribution in [0.4, 0.5) is 19.3 Å². The van der Waals surface area contributed by atoms with Crippen molar-refractivity contribution in [2.45, 2.75) is 31.7 Å². The summed E-state index contributed by atoms with van der Waals surface area (Å²) in [5, 5.41) is 14.4. The molecule has 0 bridgehead atoms. The Hall–Kier alpha value is -3.23. The molecule has 7 nitrogen and oxygen atoms in total. The second kappa shape index (κ2) is 8.64. The summed E-state index contributed by atoms with van der Waals surface area (Å²) in [6, 6.07) is 5.31. The summed E-state index contributed by atoms with van der Waals surface area (Å²) in [4.78, 5) is 27.1. The molecule has 1 heterocycles. The summed E-state index contributed by atoms with van der Waals surface area (Å²) in [6.07, 6.45) is 3.62. The highest BCUT2D eigenvalue weighted by Gasteiger charge is 2.26. The number of aromatic nitrogens is 1. The van der Waals surface area contributed by atoms with E-state index < -0.39 is 23.6 Å². The fraction of sp³-hybridized carbons (Fsp3) is 0.316. The van der Waals surface area contributed by atoms with Crippen molar-refractivity contribution >= 4 is 17.7 Å². The Morgan fingerprint density at radius 3 is 2.54 bits per heavy atom. The van der Waals surface area contributed by atoms with Crippen LogP contribution in [0.15, 0.2) is 36.5 Å². The van der Waals surface area contributed by atoms with Gasteiger partial charge in [-0.05, 0) is 43.9 Å². The fourth-order valence-corrected chi connectivity index (χ4v) is 3.05. The number of nitrogens with zero attached hydrogens (tertiary/aromatic N) is 1. The van der Waals surface area contributed by atoms with Gasteiger partial charge in [-0.1, -0.05) is 0 Å². The summed E-state index contributed by atoms with van der Waals surface area (Å²) in [5.41, 5.74) is 0.379. The molecule has 28 heavy (non-hydrogen) atoms. The molecule has 0 aliphatic heterocycles. The van der Waals surface area contributed by atoms with Gasteiger partial charge in [0.15, 0.2) is 11.6 Å². The highest BCUT2D eigenvalue weighted by atomic mass is 19.1. The number of carboxylic acids is 1. The van der Waals surface area contributed by atoms with Gasteiger partial charge in [-0.2, -0.15) is 0 Å². The number of halogens is 2. The first kappa shape index (κ1) is 19.5. The molecular weight excluding hydrogens is 372 g/mol. The van der Waals surface area contributed by atoms with Crippen LogP contribution in [0.1, 0.15) is 25.7 Å².